The molecule has 214 valence electrons. The molecule has 0 unspecified atom stereocenters. The number of thiophene rings is 1. The first kappa shape index (κ1) is 24.2. The van der Waals surface area contributed by atoms with Crippen molar-refractivity contribution >= 4 is 118 Å². The minimum absolute atomic E-state index is 0.00339. The van der Waals surface area contributed by atoms with E-state index in [0.29, 0.717) is 0 Å². The van der Waals surface area contributed by atoms with Crippen LogP contribution in [0.3, 0.4) is 0 Å². The number of hydrogen-bond acceptors (Lipinski definition) is 3. The molecule has 6 heterocycles. The molecular weight excluding hydrogens is 595 g/mol. The topological polar surface area (TPSA) is 21.3 Å². The Labute approximate surface area is 270 Å². The molecule has 0 atom stereocenters. The molecule has 0 bridgehead atoms. The standard InChI is InChI=1S/C40H25BN2OSSi/c1-46(2)32-19-8-5-16-29(32)42-37-28(15-10-20-33(37)46)41-35-26(21-27-22-11-4-7-18-31(22)45-39(27)38(35)42)23-13-9-14-25-34-24-12-3-6-17-30(24)44-40(34)43(41)36(23)25/h3-21H,1-2H3. The second-order valence-corrected chi connectivity index (χ2v) is 19.0. The summed E-state index contributed by atoms with van der Waals surface area (Å²) in [5.41, 5.74) is 12.7. The van der Waals surface area contributed by atoms with E-state index in [1.807, 2.05) is 11.3 Å². The molecule has 9 aromatic rings. The molecule has 12 rings (SSSR count). The maximum Gasteiger partial charge on any atom is 0.336 e. The number of aromatic nitrogens is 1. The van der Waals surface area contributed by atoms with Crippen molar-refractivity contribution in [3.05, 3.63) is 115 Å². The Balaban J connectivity index is 1.36. The van der Waals surface area contributed by atoms with Crippen molar-refractivity contribution < 1.29 is 4.42 Å². The third kappa shape index (κ3) is 2.56. The average Bonchev–Trinajstić information content (AvgIpc) is 3.75. The Morgan fingerprint density at radius 3 is 2.37 bits per heavy atom. The van der Waals surface area contributed by atoms with Crippen LogP contribution in [0.4, 0.5) is 17.1 Å². The largest absolute Gasteiger partial charge is 0.441 e. The van der Waals surface area contributed by atoms with Gasteiger partial charge in [0, 0.05) is 48.7 Å². The van der Waals surface area contributed by atoms with Crippen LogP contribution in [0.15, 0.2) is 120 Å². The highest BCUT2D eigenvalue weighted by Gasteiger charge is 2.49. The summed E-state index contributed by atoms with van der Waals surface area (Å²) in [5.74, 6) is 0. The first-order valence-electron chi connectivity index (χ1n) is 16.1. The van der Waals surface area contributed by atoms with E-state index in [1.54, 1.807) is 0 Å². The number of benzene rings is 6. The van der Waals surface area contributed by atoms with Crippen LogP contribution >= 0.6 is 11.3 Å². The molecular formula is C40H25BN2OSSi. The van der Waals surface area contributed by atoms with E-state index in [-0.39, 0.29) is 6.85 Å². The molecule has 3 aromatic heterocycles. The van der Waals surface area contributed by atoms with Crippen molar-refractivity contribution in [3.8, 4) is 11.1 Å². The van der Waals surface area contributed by atoms with Gasteiger partial charge in [0.15, 0.2) is 5.71 Å². The summed E-state index contributed by atoms with van der Waals surface area (Å²) in [6.45, 7) is 5.05. The first-order chi connectivity index (χ1) is 22.6. The molecule has 0 saturated carbocycles. The SMILES string of the molecule is C[Si]1(C)c2ccccc2N2c3c(cccc31)B1c3c(cc4c(sc5ccccc54)c32)-c2cccc3c4c5ccccc5oc4n1c23. The molecule has 3 nitrogen and oxygen atoms in total. The van der Waals surface area contributed by atoms with E-state index >= 15 is 0 Å². The number of fused-ring (bicyclic) bond motifs is 15. The lowest BCUT2D eigenvalue weighted by molar-refractivity contribution is 0.651. The van der Waals surface area contributed by atoms with Gasteiger partial charge in [-0.15, -0.1) is 11.3 Å². The van der Waals surface area contributed by atoms with E-state index in [9.17, 15) is 0 Å². The van der Waals surface area contributed by atoms with Crippen LogP contribution < -0.4 is 26.2 Å². The number of para-hydroxylation sites is 4. The Bertz CT molecular complexity index is 2880. The summed E-state index contributed by atoms with van der Waals surface area (Å²) in [7, 11) is -2.02. The highest BCUT2D eigenvalue weighted by molar-refractivity contribution is 7.26. The summed E-state index contributed by atoms with van der Waals surface area (Å²) in [6.07, 6.45) is 0. The van der Waals surface area contributed by atoms with Crippen LogP contribution in [-0.4, -0.2) is 19.4 Å². The van der Waals surface area contributed by atoms with Crippen LogP contribution in [-0.2, 0) is 0 Å². The van der Waals surface area contributed by atoms with Gasteiger partial charge in [-0.1, -0.05) is 104 Å². The summed E-state index contributed by atoms with van der Waals surface area (Å²) in [6, 6.07) is 43.2. The summed E-state index contributed by atoms with van der Waals surface area (Å²) >= 11 is 1.94. The summed E-state index contributed by atoms with van der Waals surface area (Å²) in [4.78, 5) is 2.66. The van der Waals surface area contributed by atoms with E-state index < -0.39 is 8.07 Å². The van der Waals surface area contributed by atoms with Gasteiger partial charge in [-0.3, -0.25) is 0 Å². The monoisotopic (exact) mass is 620 g/mol. The molecule has 0 amide bonds. The molecule has 0 radical (unpaired) electrons. The minimum Gasteiger partial charge on any atom is -0.441 e. The highest BCUT2D eigenvalue weighted by atomic mass is 32.1. The van der Waals surface area contributed by atoms with Gasteiger partial charge in [-0.05, 0) is 51.1 Å². The van der Waals surface area contributed by atoms with Gasteiger partial charge in [-0.25, -0.2) is 0 Å². The zero-order chi connectivity index (χ0) is 30.1. The van der Waals surface area contributed by atoms with Crippen LogP contribution in [0.5, 0.6) is 0 Å². The van der Waals surface area contributed by atoms with Crippen molar-refractivity contribution in [2.45, 2.75) is 13.1 Å². The first-order valence-corrected chi connectivity index (χ1v) is 19.9. The third-order valence-corrected chi connectivity index (χ3v) is 15.9. The Morgan fingerprint density at radius 1 is 0.674 bits per heavy atom. The highest BCUT2D eigenvalue weighted by Crippen LogP contribution is 2.52. The maximum atomic E-state index is 6.87. The molecule has 3 aliphatic heterocycles. The number of anilines is 3. The Hall–Kier alpha value is -5.04. The van der Waals surface area contributed by atoms with Gasteiger partial charge >= 0.3 is 6.85 Å². The summed E-state index contributed by atoms with van der Waals surface area (Å²) in [5, 5.41) is 9.38. The summed E-state index contributed by atoms with van der Waals surface area (Å²) < 4.78 is 12.1. The molecule has 0 N–H and O–H groups in total. The zero-order valence-electron chi connectivity index (χ0n) is 25.3. The molecule has 0 fully saturated rings. The normalized spacial score (nSPS) is 15.3. The van der Waals surface area contributed by atoms with Gasteiger partial charge in [-0.2, -0.15) is 0 Å². The molecule has 0 spiro atoms. The van der Waals surface area contributed by atoms with Crippen molar-refractivity contribution in [2.24, 2.45) is 0 Å². The van der Waals surface area contributed by atoms with E-state index in [1.165, 1.54) is 91.3 Å². The van der Waals surface area contributed by atoms with Gasteiger partial charge < -0.3 is 13.8 Å². The van der Waals surface area contributed by atoms with Crippen molar-refractivity contribution in [1.82, 2.24) is 4.48 Å². The molecule has 6 aromatic carbocycles. The smallest absolute Gasteiger partial charge is 0.336 e. The molecule has 46 heavy (non-hydrogen) atoms. The van der Waals surface area contributed by atoms with E-state index in [0.717, 1.165) is 11.3 Å². The van der Waals surface area contributed by atoms with Crippen LogP contribution in [0.2, 0.25) is 13.1 Å². The van der Waals surface area contributed by atoms with Crippen molar-refractivity contribution in [1.29, 1.82) is 0 Å². The average molecular weight is 621 g/mol. The molecule has 3 aliphatic rings. The van der Waals surface area contributed by atoms with Crippen LogP contribution in [0, 0.1) is 0 Å². The van der Waals surface area contributed by atoms with Gasteiger partial charge in [0.1, 0.15) is 13.7 Å². The van der Waals surface area contributed by atoms with Gasteiger partial charge in [0.25, 0.3) is 0 Å². The Kier molecular flexibility index (Phi) is 4.13. The predicted molar refractivity (Wildman–Crippen MR) is 199 cm³/mol. The third-order valence-electron chi connectivity index (χ3n) is 11.1. The lowest BCUT2D eigenvalue weighted by Crippen LogP contribution is -2.65. The number of hydrogen-bond donors (Lipinski definition) is 0. The van der Waals surface area contributed by atoms with Crippen molar-refractivity contribution in [3.63, 3.8) is 0 Å². The molecule has 0 saturated heterocycles. The molecule has 0 aliphatic carbocycles. The quantitative estimate of drug-likeness (QED) is 0.159. The predicted octanol–water partition coefficient (Wildman–Crippen LogP) is 8.46. The Morgan fingerprint density at radius 2 is 1.43 bits per heavy atom. The van der Waals surface area contributed by atoms with E-state index in [4.69, 9.17) is 4.42 Å². The number of nitrogens with zero attached hydrogens (tertiary/aromatic N) is 2. The minimum atomic E-state index is -2.02. The number of furan rings is 1. The second kappa shape index (κ2) is 7.84. The molecule has 6 heteroatoms. The zero-order valence-corrected chi connectivity index (χ0v) is 27.1. The van der Waals surface area contributed by atoms with Gasteiger partial charge in [0.05, 0.1) is 15.8 Å². The second-order valence-electron chi connectivity index (χ2n) is 13.6. The fraction of sp³-hybridized carbons (Fsp3) is 0.0500. The van der Waals surface area contributed by atoms with Crippen molar-refractivity contribution in [2.75, 3.05) is 4.90 Å². The van der Waals surface area contributed by atoms with Crippen LogP contribution in [0.1, 0.15) is 0 Å². The number of rotatable bonds is 0. The lowest BCUT2D eigenvalue weighted by Gasteiger charge is -2.47. The lowest BCUT2D eigenvalue weighted by atomic mass is 9.45. The fourth-order valence-corrected chi connectivity index (χ4v) is 13.5. The van der Waals surface area contributed by atoms with Crippen LogP contribution in [0.25, 0.3) is 64.3 Å². The fourth-order valence-electron chi connectivity index (χ4n) is 9.27. The van der Waals surface area contributed by atoms with Gasteiger partial charge in [0.2, 0.25) is 0 Å². The van der Waals surface area contributed by atoms with E-state index in [2.05, 4.69) is 138 Å². The maximum absolute atomic E-state index is 6.87.